The van der Waals surface area contributed by atoms with Crippen LogP contribution in [0, 0.1) is 0 Å². The average molecular weight is 313 g/mol. The molecule has 1 aliphatic rings. The van der Waals surface area contributed by atoms with Gasteiger partial charge in [-0.1, -0.05) is 6.07 Å². The van der Waals surface area contributed by atoms with Crippen molar-refractivity contribution in [2.24, 2.45) is 0 Å². The molecule has 0 atom stereocenters. The predicted octanol–water partition coefficient (Wildman–Crippen LogP) is -0.669. The number of benzene rings is 1. The van der Waals surface area contributed by atoms with Crippen LogP contribution in [-0.2, 0) is 32.8 Å². The van der Waals surface area contributed by atoms with Crippen LogP contribution in [0.5, 0.6) is 0 Å². The first-order valence-electron chi connectivity index (χ1n) is 6.63. The summed E-state index contributed by atoms with van der Waals surface area (Å²) in [7, 11) is -1.92. The molecule has 1 aromatic carbocycles. The highest BCUT2D eigenvalue weighted by Crippen LogP contribution is 2.22. The summed E-state index contributed by atoms with van der Waals surface area (Å²) in [6.45, 7) is 1.73. The highest BCUT2D eigenvalue weighted by atomic mass is 32.2. The normalized spacial score (nSPS) is 14.0. The van der Waals surface area contributed by atoms with E-state index < -0.39 is 10.0 Å². The molecule has 21 heavy (non-hydrogen) atoms. The predicted molar refractivity (Wildman–Crippen MR) is 77.1 cm³/mol. The van der Waals surface area contributed by atoms with Crippen molar-refractivity contribution in [1.82, 2.24) is 15.4 Å². The quantitative estimate of drug-likeness (QED) is 0.580. The largest absolute Gasteiger partial charge is 0.372 e. The SMILES string of the molecule is CNCCNC(=O)CNS(=O)(=O)c1ccc2c(c1)COC2. The van der Waals surface area contributed by atoms with Crippen LogP contribution < -0.4 is 15.4 Å². The second-order valence-corrected chi connectivity index (χ2v) is 6.47. The Balaban J connectivity index is 1.94. The summed E-state index contributed by atoms with van der Waals surface area (Å²) in [6, 6.07) is 4.85. The van der Waals surface area contributed by atoms with E-state index in [2.05, 4.69) is 15.4 Å². The topological polar surface area (TPSA) is 96.5 Å². The van der Waals surface area contributed by atoms with Crippen LogP contribution in [0.25, 0.3) is 0 Å². The van der Waals surface area contributed by atoms with E-state index in [1.807, 2.05) is 0 Å². The molecule has 0 aliphatic carbocycles. The van der Waals surface area contributed by atoms with E-state index in [0.717, 1.165) is 11.1 Å². The molecule has 0 aromatic heterocycles. The summed E-state index contributed by atoms with van der Waals surface area (Å²) in [4.78, 5) is 11.6. The highest BCUT2D eigenvalue weighted by Gasteiger charge is 2.19. The van der Waals surface area contributed by atoms with Gasteiger partial charge in [0.15, 0.2) is 0 Å². The van der Waals surface area contributed by atoms with E-state index in [-0.39, 0.29) is 17.3 Å². The fourth-order valence-corrected chi connectivity index (χ4v) is 2.98. The zero-order valence-electron chi connectivity index (χ0n) is 11.8. The maximum Gasteiger partial charge on any atom is 0.241 e. The lowest BCUT2D eigenvalue weighted by Crippen LogP contribution is -2.39. The molecule has 1 aromatic rings. The van der Waals surface area contributed by atoms with Crippen LogP contribution >= 0.6 is 0 Å². The molecule has 0 radical (unpaired) electrons. The van der Waals surface area contributed by atoms with Gasteiger partial charge in [-0.15, -0.1) is 0 Å². The van der Waals surface area contributed by atoms with Crippen molar-refractivity contribution in [3.8, 4) is 0 Å². The maximum atomic E-state index is 12.1. The van der Waals surface area contributed by atoms with E-state index in [1.165, 1.54) is 6.07 Å². The van der Waals surface area contributed by atoms with Gasteiger partial charge in [0.25, 0.3) is 0 Å². The number of nitrogens with one attached hydrogen (secondary N) is 3. The number of ether oxygens (including phenoxy) is 1. The second-order valence-electron chi connectivity index (χ2n) is 4.70. The van der Waals surface area contributed by atoms with Crippen molar-refractivity contribution in [1.29, 1.82) is 0 Å². The minimum absolute atomic E-state index is 0.148. The number of likely N-dealkylation sites (N-methyl/N-ethyl adjacent to an activating group) is 1. The Morgan fingerprint density at radius 3 is 2.76 bits per heavy atom. The lowest BCUT2D eigenvalue weighted by Gasteiger charge is -2.08. The number of hydrogen-bond donors (Lipinski definition) is 3. The molecule has 0 bridgehead atoms. The Hall–Kier alpha value is -1.48. The maximum absolute atomic E-state index is 12.1. The summed E-state index contributed by atoms with van der Waals surface area (Å²) in [5, 5.41) is 5.48. The lowest BCUT2D eigenvalue weighted by molar-refractivity contribution is -0.119. The molecule has 2 rings (SSSR count). The molecule has 0 unspecified atom stereocenters. The number of carbonyl (C=O) groups excluding carboxylic acids is 1. The number of fused-ring (bicyclic) bond motifs is 1. The van der Waals surface area contributed by atoms with Crippen molar-refractivity contribution in [3.05, 3.63) is 29.3 Å². The Labute approximate surface area is 124 Å². The van der Waals surface area contributed by atoms with E-state index in [4.69, 9.17) is 4.74 Å². The first-order chi connectivity index (χ1) is 10.0. The molecule has 0 fully saturated rings. The molecule has 0 saturated heterocycles. The Kier molecular flexibility index (Phi) is 5.29. The third-order valence-electron chi connectivity index (χ3n) is 3.12. The third-order valence-corrected chi connectivity index (χ3v) is 4.52. The third kappa shape index (κ3) is 4.24. The molecule has 1 aliphatic heterocycles. The molecular formula is C13H19N3O4S. The van der Waals surface area contributed by atoms with Gasteiger partial charge in [0.1, 0.15) is 0 Å². The molecule has 1 heterocycles. The number of hydrogen-bond acceptors (Lipinski definition) is 5. The summed E-state index contributed by atoms with van der Waals surface area (Å²) in [5.74, 6) is -0.363. The Morgan fingerprint density at radius 1 is 1.24 bits per heavy atom. The molecule has 0 saturated carbocycles. The van der Waals surface area contributed by atoms with Gasteiger partial charge in [-0.05, 0) is 30.3 Å². The summed E-state index contributed by atoms with van der Waals surface area (Å²) < 4.78 is 31.8. The van der Waals surface area contributed by atoms with E-state index in [1.54, 1.807) is 19.2 Å². The summed E-state index contributed by atoms with van der Waals surface area (Å²) in [6.07, 6.45) is 0. The first kappa shape index (κ1) is 15.9. The van der Waals surface area contributed by atoms with Gasteiger partial charge in [-0.2, -0.15) is 0 Å². The molecule has 7 nitrogen and oxygen atoms in total. The van der Waals surface area contributed by atoms with Crippen LogP contribution in [0.1, 0.15) is 11.1 Å². The highest BCUT2D eigenvalue weighted by molar-refractivity contribution is 7.89. The average Bonchev–Trinajstić information content (AvgIpc) is 2.93. The fraction of sp³-hybridized carbons (Fsp3) is 0.462. The van der Waals surface area contributed by atoms with Gasteiger partial charge in [-0.3, -0.25) is 4.79 Å². The number of carbonyl (C=O) groups is 1. The Bertz CT molecular complexity index is 616. The minimum atomic E-state index is -3.69. The zero-order chi connectivity index (χ0) is 15.3. The molecule has 3 N–H and O–H groups in total. The van der Waals surface area contributed by atoms with Crippen molar-refractivity contribution in [2.75, 3.05) is 26.7 Å². The zero-order valence-corrected chi connectivity index (χ0v) is 12.6. The summed E-state index contributed by atoms with van der Waals surface area (Å²) in [5.41, 5.74) is 1.87. The van der Waals surface area contributed by atoms with Gasteiger partial charge in [-0.25, -0.2) is 13.1 Å². The van der Waals surface area contributed by atoms with Gasteiger partial charge in [0.2, 0.25) is 15.9 Å². The first-order valence-corrected chi connectivity index (χ1v) is 8.12. The van der Waals surface area contributed by atoms with Crippen molar-refractivity contribution in [3.63, 3.8) is 0 Å². The standard InChI is InChI=1S/C13H19N3O4S/c1-14-4-5-15-13(17)7-16-21(18,19)12-3-2-10-8-20-9-11(10)6-12/h2-3,6,14,16H,4-5,7-9H2,1H3,(H,15,17). The second kappa shape index (κ2) is 6.99. The van der Waals surface area contributed by atoms with E-state index >= 15 is 0 Å². The van der Waals surface area contributed by atoms with Gasteiger partial charge in [0.05, 0.1) is 24.7 Å². The van der Waals surface area contributed by atoms with E-state index in [0.29, 0.717) is 26.3 Å². The van der Waals surface area contributed by atoms with Crippen LogP contribution in [0.15, 0.2) is 23.1 Å². The van der Waals surface area contributed by atoms with Crippen LogP contribution in [0.4, 0.5) is 0 Å². The van der Waals surface area contributed by atoms with Crippen molar-refractivity contribution >= 4 is 15.9 Å². The number of rotatable bonds is 7. The van der Waals surface area contributed by atoms with Crippen molar-refractivity contribution < 1.29 is 17.9 Å². The molecule has 0 spiro atoms. The number of amides is 1. The molecule has 116 valence electrons. The van der Waals surface area contributed by atoms with Crippen molar-refractivity contribution in [2.45, 2.75) is 18.1 Å². The molecular weight excluding hydrogens is 294 g/mol. The van der Waals surface area contributed by atoms with Crippen LogP contribution in [0.3, 0.4) is 0 Å². The fourth-order valence-electron chi connectivity index (χ4n) is 1.95. The molecule has 1 amide bonds. The van der Waals surface area contributed by atoms with Gasteiger partial charge >= 0.3 is 0 Å². The lowest BCUT2D eigenvalue weighted by atomic mass is 10.1. The smallest absolute Gasteiger partial charge is 0.241 e. The molecule has 8 heteroatoms. The van der Waals surface area contributed by atoms with Crippen LogP contribution in [0.2, 0.25) is 0 Å². The van der Waals surface area contributed by atoms with Crippen LogP contribution in [-0.4, -0.2) is 41.0 Å². The van der Waals surface area contributed by atoms with E-state index in [9.17, 15) is 13.2 Å². The Morgan fingerprint density at radius 2 is 2.00 bits per heavy atom. The summed E-state index contributed by atoms with van der Waals surface area (Å²) >= 11 is 0. The monoisotopic (exact) mass is 313 g/mol. The van der Waals surface area contributed by atoms with Gasteiger partial charge in [0, 0.05) is 13.1 Å². The minimum Gasteiger partial charge on any atom is -0.372 e. The number of sulfonamides is 1. The van der Waals surface area contributed by atoms with Gasteiger partial charge < -0.3 is 15.4 Å².